The van der Waals surface area contributed by atoms with Crippen LogP contribution in [-0.4, -0.2) is 20.9 Å². The Morgan fingerprint density at radius 2 is 2.08 bits per heavy atom. The van der Waals surface area contributed by atoms with Gasteiger partial charge in [0, 0.05) is 35.2 Å². The first-order chi connectivity index (χ1) is 11.4. The molecule has 3 aromatic heterocycles. The Morgan fingerprint density at radius 1 is 1.25 bits per heavy atom. The van der Waals surface area contributed by atoms with Crippen molar-refractivity contribution in [3.63, 3.8) is 0 Å². The van der Waals surface area contributed by atoms with Crippen LogP contribution in [0.2, 0.25) is 0 Å². The van der Waals surface area contributed by atoms with Crippen molar-refractivity contribution in [2.75, 3.05) is 0 Å². The zero-order chi connectivity index (χ0) is 17.2. The lowest BCUT2D eigenvalue weighted by atomic mass is 9.93. The van der Waals surface area contributed by atoms with E-state index in [9.17, 15) is 4.79 Å². The standard InChI is InChI=1S/C18H19N3O2S/c1-18(2,3)16-9-13(21-23-16)8-15(22)14-11-24-17(20-14)10-12-6-4-5-7-19-12/h4-7,9,11H,8,10H2,1-3H3. The number of carbonyl (C=O) groups is 1. The van der Waals surface area contributed by atoms with Crippen LogP contribution in [0.3, 0.4) is 0 Å². The van der Waals surface area contributed by atoms with E-state index in [-0.39, 0.29) is 17.6 Å². The van der Waals surface area contributed by atoms with Gasteiger partial charge in [0.1, 0.15) is 11.5 Å². The number of hydrogen-bond acceptors (Lipinski definition) is 6. The molecule has 0 N–H and O–H groups in total. The average Bonchev–Trinajstić information content (AvgIpc) is 3.17. The number of aromatic nitrogens is 3. The van der Waals surface area contributed by atoms with E-state index in [4.69, 9.17) is 4.52 Å². The summed E-state index contributed by atoms with van der Waals surface area (Å²) in [7, 11) is 0. The number of Topliss-reactive ketones (excluding diaryl/α,β-unsaturated/α-hetero) is 1. The molecule has 5 nitrogen and oxygen atoms in total. The van der Waals surface area contributed by atoms with Crippen molar-refractivity contribution < 1.29 is 9.32 Å². The lowest BCUT2D eigenvalue weighted by Gasteiger charge is -2.12. The molecule has 0 aliphatic rings. The van der Waals surface area contributed by atoms with Gasteiger partial charge in [-0.25, -0.2) is 4.98 Å². The summed E-state index contributed by atoms with van der Waals surface area (Å²) < 4.78 is 5.32. The van der Waals surface area contributed by atoms with E-state index in [2.05, 4.69) is 15.1 Å². The second kappa shape index (κ2) is 6.65. The van der Waals surface area contributed by atoms with Gasteiger partial charge >= 0.3 is 0 Å². The molecule has 0 aliphatic heterocycles. The summed E-state index contributed by atoms with van der Waals surface area (Å²) in [6, 6.07) is 7.62. The molecule has 0 saturated carbocycles. The minimum absolute atomic E-state index is 0.0488. The molecular weight excluding hydrogens is 322 g/mol. The first-order valence-corrected chi connectivity index (χ1v) is 8.63. The van der Waals surface area contributed by atoms with E-state index < -0.39 is 0 Å². The number of thiazole rings is 1. The van der Waals surface area contributed by atoms with Crippen LogP contribution in [0.1, 0.15) is 53.4 Å². The highest BCUT2D eigenvalue weighted by Crippen LogP contribution is 2.23. The third-order valence-corrected chi connectivity index (χ3v) is 4.38. The summed E-state index contributed by atoms with van der Waals surface area (Å²) in [5, 5.41) is 6.67. The molecule has 24 heavy (non-hydrogen) atoms. The number of ketones is 1. The van der Waals surface area contributed by atoms with Gasteiger partial charge in [0.15, 0.2) is 5.78 Å². The molecular formula is C18H19N3O2S. The molecule has 0 fully saturated rings. The predicted octanol–water partition coefficient (Wildman–Crippen LogP) is 3.84. The van der Waals surface area contributed by atoms with Crippen LogP contribution in [0.25, 0.3) is 0 Å². The van der Waals surface area contributed by atoms with Crippen LogP contribution in [0.15, 0.2) is 40.4 Å². The van der Waals surface area contributed by atoms with Gasteiger partial charge in [-0.15, -0.1) is 11.3 Å². The molecule has 0 spiro atoms. The molecule has 6 heteroatoms. The minimum atomic E-state index is -0.120. The monoisotopic (exact) mass is 341 g/mol. The maximum atomic E-state index is 12.4. The SMILES string of the molecule is CC(C)(C)c1cc(CC(=O)c2csc(Cc3ccccn3)n2)no1. The first kappa shape index (κ1) is 16.5. The van der Waals surface area contributed by atoms with Gasteiger partial charge in [0.05, 0.1) is 17.1 Å². The highest BCUT2D eigenvalue weighted by atomic mass is 32.1. The molecule has 0 atom stereocenters. The fraction of sp³-hybridized carbons (Fsp3) is 0.333. The zero-order valence-electron chi connectivity index (χ0n) is 13.9. The lowest BCUT2D eigenvalue weighted by Crippen LogP contribution is -2.09. The van der Waals surface area contributed by atoms with Gasteiger partial charge in [0.25, 0.3) is 0 Å². The van der Waals surface area contributed by atoms with Crippen molar-refractivity contribution in [1.82, 2.24) is 15.1 Å². The van der Waals surface area contributed by atoms with Gasteiger partial charge in [-0.05, 0) is 12.1 Å². The van der Waals surface area contributed by atoms with E-state index in [1.54, 1.807) is 11.6 Å². The second-order valence-electron chi connectivity index (χ2n) is 6.66. The summed E-state index contributed by atoms with van der Waals surface area (Å²) in [6.45, 7) is 6.14. The van der Waals surface area contributed by atoms with Crippen molar-refractivity contribution >= 4 is 17.1 Å². The smallest absolute Gasteiger partial charge is 0.188 e. The maximum Gasteiger partial charge on any atom is 0.188 e. The molecule has 3 heterocycles. The molecule has 0 unspecified atom stereocenters. The Bertz CT molecular complexity index is 831. The summed E-state index contributed by atoms with van der Waals surface area (Å²) in [5.41, 5.74) is 1.94. The van der Waals surface area contributed by atoms with Crippen molar-refractivity contribution in [1.29, 1.82) is 0 Å². The molecule has 0 aliphatic carbocycles. The second-order valence-corrected chi connectivity index (χ2v) is 7.60. The van der Waals surface area contributed by atoms with E-state index >= 15 is 0 Å². The van der Waals surface area contributed by atoms with Crippen LogP contribution < -0.4 is 0 Å². The molecule has 3 aromatic rings. The summed E-state index contributed by atoms with van der Waals surface area (Å²) in [4.78, 5) is 21.1. The topological polar surface area (TPSA) is 68.9 Å². The quantitative estimate of drug-likeness (QED) is 0.660. The first-order valence-electron chi connectivity index (χ1n) is 7.75. The Hall–Kier alpha value is -2.34. The minimum Gasteiger partial charge on any atom is -0.361 e. The zero-order valence-corrected chi connectivity index (χ0v) is 14.8. The number of nitrogens with zero attached hydrogens (tertiary/aromatic N) is 3. The van der Waals surface area contributed by atoms with Crippen LogP contribution in [-0.2, 0) is 18.3 Å². The molecule has 0 amide bonds. The van der Waals surface area contributed by atoms with E-state index in [0.717, 1.165) is 16.5 Å². The third-order valence-electron chi connectivity index (χ3n) is 3.54. The van der Waals surface area contributed by atoms with Crippen LogP contribution in [0.4, 0.5) is 0 Å². The Labute approximate surface area is 144 Å². The van der Waals surface area contributed by atoms with E-state index in [1.165, 1.54) is 11.3 Å². The Balaban J connectivity index is 1.67. The fourth-order valence-corrected chi connectivity index (χ4v) is 3.00. The van der Waals surface area contributed by atoms with E-state index in [0.29, 0.717) is 17.8 Å². The summed E-state index contributed by atoms with van der Waals surface area (Å²) in [6.07, 6.45) is 2.59. The maximum absolute atomic E-state index is 12.4. The molecule has 3 rings (SSSR count). The largest absolute Gasteiger partial charge is 0.361 e. The Morgan fingerprint density at radius 3 is 2.75 bits per heavy atom. The van der Waals surface area contributed by atoms with Gasteiger partial charge in [-0.2, -0.15) is 0 Å². The molecule has 124 valence electrons. The number of pyridine rings is 1. The Kier molecular flexibility index (Phi) is 4.57. The third kappa shape index (κ3) is 3.94. The van der Waals surface area contributed by atoms with E-state index in [1.807, 2.05) is 45.0 Å². The van der Waals surface area contributed by atoms with Crippen molar-refractivity contribution in [2.45, 2.75) is 39.0 Å². The highest BCUT2D eigenvalue weighted by molar-refractivity contribution is 7.09. The van der Waals surface area contributed by atoms with Crippen LogP contribution in [0.5, 0.6) is 0 Å². The molecule has 0 saturated heterocycles. The average molecular weight is 341 g/mol. The summed E-state index contributed by atoms with van der Waals surface area (Å²) >= 11 is 1.48. The molecule has 0 radical (unpaired) electrons. The van der Waals surface area contributed by atoms with Gasteiger partial charge in [-0.3, -0.25) is 9.78 Å². The van der Waals surface area contributed by atoms with Crippen LogP contribution in [0, 0.1) is 0 Å². The molecule has 0 aromatic carbocycles. The fourth-order valence-electron chi connectivity index (χ4n) is 2.18. The van der Waals surface area contributed by atoms with Gasteiger partial charge in [-0.1, -0.05) is 32.0 Å². The number of hydrogen-bond donors (Lipinski definition) is 0. The normalized spacial score (nSPS) is 11.6. The van der Waals surface area contributed by atoms with Crippen molar-refractivity contribution in [3.8, 4) is 0 Å². The van der Waals surface area contributed by atoms with Crippen LogP contribution >= 0.6 is 11.3 Å². The molecule has 0 bridgehead atoms. The van der Waals surface area contributed by atoms with Gasteiger partial charge < -0.3 is 4.52 Å². The number of carbonyl (C=O) groups excluding carboxylic acids is 1. The summed E-state index contributed by atoms with van der Waals surface area (Å²) in [5.74, 6) is 0.728. The lowest BCUT2D eigenvalue weighted by molar-refractivity contribution is 0.0986. The van der Waals surface area contributed by atoms with Gasteiger partial charge in [0.2, 0.25) is 0 Å². The number of rotatable bonds is 5. The van der Waals surface area contributed by atoms with Crippen molar-refractivity contribution in [2.24, 2.45) is 0 Å². The predicted molar refractivity (Wildman–Crippen MR) is 92.4 cm³/mol. The highest BCUT2D eigenvalue weighted by Gasteiger charge is 2.21. The van der Waals surface area contributed by atoms with Crippen molar-refractivity contribution in [3.05, 3.63) is 63.7 Å².